The zero-order chi connectivity index (χ0) is 16.2. The molecule has 0 N–H and O–H groups in total. The van der Waals surface area contributed by atoms with Crippen LogP contribution in [0.3, 0.4) is 0 Å². The van der Waals surface area contributed by atoms with Crippen LogP contribution in [-0.4, -0.2) is 29.5 Å². The summed E-state index contributed by atoms with van der Waals surface area (Å²) in [5.41, 5.74) is 2.46. The molecule has 0 spiro atoms. The SMILES string of the molecule is CCC(OC(=O)c1ccncc1)C(=O)N1CCc2ccccc21. The maximum Gasteiger partial charge on any atom is 0.339 e. The highest BCUT2D eigenvalue weighted by molar-refractivity contribution is 6.00. The van der Waals surface area contributed by atoms with Gasteiger partial charge >= 0.3 is 5.97 Å². The third-order valence-electron chi connectivity index (χ3n) is 3.96. The highest BCUT2D eigenvalue weighted by Crippen LogP contribution is 2.28. The summed E-state index contributed by atoms with van der Waals surface area (Å²) in [6.45, 7) is 2.46. The molecule has 0 fully saturated rings. The standard InChI is InChI=1S/C18H18N2O3/c1-2-16(23-18(22)14-7-10-19-11-8-14)17(21)20-12-9-13-5-3-4-6-15(13)20/h3-8,10-11,16H,2,9,12H2,1H3. The van der Waals surface area contributed by atoms with E-state index in [0.717, 1.165) is 17.7 Å². The van der Waals surface area contributed by atoms with Crippen molar-refractivity contribution in [2.24, 2.45) is 0 Å². The minimum absolute atomic E-state index is 0.167. The van der Waals surface area contributed by atoms with Crippen molar-refractivity contribution in [3.05, 3.63) is 59.9 Å². The van der Waals surface area contributed by atoms with Crippen LogP contribution in [0.15, 0.2) is 48.8 Å². The average Bonchev–Trinajstić information content (AvgIpc) is 3.03. The number of amides is 1. The van der Waals surface area contributed by atoms with Crippen molar-refractivity contribution in [3.63, 3.8) is 0 Å². The molecule has 2 aromatic rings. The number of nitrogens with zero attached hydrogens (tertiary/aromatic N) is 2. The van der Waals surface area contributed by atoms with E-state index in [1.807, 2.05) is 31.2 Å². The Bertz CT molecular complexity index is 715. The summed E-state index contributed by atoms with van der Waals surface area (Å²) in [7, 11) is 0. The lowest BCUT2D eigenvalue weighted by Crippen LogP contribution is -2.40. The van der Waals surface area contributed by atoms with Crippen molar-refractivity contribution in [3.8, 4) is 0 Å². The first-order valence-electron chi connectivity index (χ1n) is 7.71. The summed E-state index contributed by atoms with van der Waals surface area (Å²) >= 11 is 0. The molecular formula is C18H18N2O3. The van der Waals surface area contributed by atoms with Crippen molar-refractivity contribution >= 4 is 17.6 Å². The number of hydrogen-bond acceptors (Lipinski definition) is 4. The fraction of sp³-hybridized carbons (Fsp3) is 0.278. The van der Waals surface area contributed by atoms with E-state index in [-0.39, 0.29) is 5.91 Å². The summed E-state index contributed by atoms with van der Waals surface area (Å²) in [5, 5.41) is 0. The van der Waals surface area contributed by atoms with E-state index < -0.39 is 12.1 Å². The summed E-state index contributed by atoms with van der Waals surface area (Å²) in [4.78, 5) is 30.5. The molecule has 0 aliphatic carbocycles. The number of ether oxygens (including phenoxy) is 1. The minimum Gasteiger partial charge on any atom is -0.449 e. The number of fused-ring (bicyclic) bond motifs is 1. The number of carbonyl (C=O) groups excluding carboxylic acids is 2. The first-order valence-corrected chi connectivity index (χ1v) is 7.71. The molecule has 2 heterocycles. The Morgan fingerprint density at radius 2 is 1.96 bits per heavy atom. The number of pyridine rings is 1. The molecule has 0 saturated carbocycles. The molecule has 5 nitrogen and oxygen atoms in total. The van der Waals surface area contributed by atoms with Gasteiger partial charge in [-0.3, -0.25) is 9.78 Å². The third kappa shape index (κ3) is 3.08. The first kappa shape index (κ1) is 15.2. The van der Waals surface area contributed by atoms with E-state index in [1.165, 1.54) is 12.4 Å². The summed E-state index contributed by atoms with van der Waals surface area (Å²) in [6.07, 6.45) is 3.54. The van der Waals surface area contributed by atoms with Gasteiger partial charge in [0.2, 0.25) is 0 Å². The fourth-order valence-electron chi connectivity index (χ4n) is 2.73. The number of hydrogen-bond donors (Lipinski definition) is 0. The quantitative estimate of drug-likeness (QED) is 0.815. The van der Waals surface area contributed by atoms with E-state index in [9.17, 15) is 9.59 Å². The molecule has 1 aromatic heterocycles. The van der Waals surface area contributed by atoms with Crippen LogP contribution in [0.2, 0.25) is 0 Å². The average molecular weight is 310 g/mol. The number of para-hydroxylation sites is 1. The predicted octanol–water partition coefficient (Wildman–Crippen LogP) is 2.61. The number of anilines is 1. The highest BCUT2D eigenvalue weighted by Gasteiger charge is 2.31. The lowest BCUT2D eigenvalue weighted by molar-refractivity contribution is -0.127. The van der Waals surface area contributed by atoms with Gasteiger partial charge in [0, 0.05) is 24.6 Å². The molecule has 1 aliphatic rings. The molecule has 5 heteroatoms. The van der Waals surface area contributed by atoms with Gasteiger partial charge in [0.25, 0.3) is 5.91 Å². The molecule has 1 unspecified atom stereocenters. The maximum atomic E-state index is 12.7. The fourth-order valence-corrected chi connectivity index (χ4v) is 2.73. The number of esters is 1. The Kier molecular flexibility index (Phi) is 4.37. The second-order valence-corrected chi connectivity index (χ2v) is 5.41. The number of carbonyl (C=O) groups is 2. The zero-order valence-corrected chi connectivity index (χ0v) is 12.9. The van der Waals surface area contributed by atoms with E-state index in [2.05, 4.69) is 4.98 Å². The van der Waals surface area contributed by atoms with Crippen LogP contribution in [0.1, 0.15) is 29.3 Å². The Hall–Kier alpha value is -2.69. The minimum atomic E-state index is -0.776. The highest BCUT2D eigenvalue weighted by atomic mass is 16.5. The third-order valence-corrected chi connectivity index (χ3v) is 3.96. The smallest absolute Gasteiger partial charge is 0.339 e. The van der Waals surface area contributed by atoms with Crippen LogP contribution in [0.25, 0.3) is 0 Å². The van der Waals surface area contributed by atoms with Gasteiger partial charge in [-0.1, -0.05) is 25.1 Å². The molecular weight excluding hydrogens is 292 g/mol. The van der Waals surface area contributed by atoms with Gasteiger partial charge in [0.15, 0.2) is 6.10 Å². The maximum absolute atomic E-state index is 12.7. The van der Waals surface area contributed by atoms with Gasteiger partial charge in [-0.25, -0.2) is 4.79 Å². The van der Waals surface area contributed by atoms with Gasteiger partial charge < -0.3 is 9.64 Å². The Morgan fingerprint density at radius 3 is 2.70 bits per heavy atom. The summed E-state index contributed by atoms with van der Waals surface area (Å²) < 4.78 is 5.42. The topological polar surface area (TPSA) is 59.5 Å². The molecule has 1 aromatic carbocycles. The Morgan fingerprint density at radius 1 is 1.22 bits per heavy atom. The van der Waals surface area contributed by atoms with E-state index >= 15 is 0 Å². The lowest BCUT2D eigenvalue weighted by atomic mass is 10.2. The van der Waals surface area contributed by atoms with Gasteiger partial charge in [0.05, 0.1) is 5.56 Å². The van der Waals surface area contributed by atoms with Crippen LogP contribution in [0.4, 0.5) is 5.69 Å². The van der Waals surface area contributed by atoms with Crippen LogP contribution in [0, 0.1) is 0 Å². The van der Waals surface area contributed by atoms with E-state index in [1.54, 1.807) is 17.0 Å². The molecule has 23 heavy (non-hydrogen) atoms. The molecule has 1 aliphatic heterocycles. The first-order chi connectivity index (χ1) is 11.2. The van der Waals surface area contributed by atoms with Crippen LogP contribution >= 0.6 is 0 Å². The van der Waals surface area contributed by atoms with Crippen molar-refractivity contribution in [2.45, 2.75) is 25.9 Å². The predicted molar refractivity (Wildman–Crippen MR) is 86.2 cm³/mol. The Balaban J connectivity index is 1.74. The van der Waals surface area contributed by atoms with Crippen LogP contribution in [0.5, 0.6) is 0 Å². The van der Waals surface area contributed by atoms with Gasteiger partial charge in [-0.15, -0.1) is 0 Å². The Labute approximate surface area is 134 Å². The van der Waals surface area contributed by atoms with Crippen LogP contribution < -0.4 is 4.90 Å². The molecule has 1 atom stereocenters. The van der Waals surface area contributed by atoms with Gasteiger partial charge in [-0.05, 0) is 36.6 Å². The van der Waals surface area contributed by atoms with E-state index in [0.29, 0.717) is 18.5 Å². The second kappa shape index (κ2) is 6.60. The number of benzene rings is 1. The van der Waals surface area contributed by atoms with Crippen LogP contribution in [-0.2, 0) is 16.0 Å². The molecule has 0 radical (unpaired) electrons. The van der Waals surface area contributed by atoms with Crippen molar-refractivity contribution in [1.82, 2.24) is 4.98 Å². The largest absolute Gasteiger partial charge is 0.449 e. The van der Waals surface area contributed by atoms with E-state index in [4.69, 9.17) is 4.74 Å². The number of rotatable bonds is 4. The van der Waals surface area contributed by atoms with Crippen molar-refractivity contribution < 1.29 is 14.3 Å². The van der Waals surface area contributed by atoms with Crippen molar-refractivity contribution in [2.75, 3.05) is 11.4 Å². The molecule has 0 saturated heterocycles. The van der Waals surface area contributed by atoms with Crippen molar-refractivity contribution in [1.29, 1.82) is 0 Å². The number of aromatic nitrogens is 1. The summed E-state index contributed by atoms with van der Waals surface area (Å²) in [5.74, 6) is -0.667. The van der Waals surface area contributed by atoms with Gasteiger partial charge in [0.1, 0.15) is 0 Å². The molecule has 1 amide bonds. The van der Waals surface area contributed by atoms with Gasteiger partial charge in [-0.2, -0.15) is 0 Å². The second-order valence-electron chi connectivity index (χ2n) is 5.41. The lowest BCUT2D eigenvalue weighted by Gasteiger charge is -2.23. The normalized spacial score (nSPS) is 14.2. The molecule has 3 rings (SSSR count). The monoisotopic (exact) mass is 310 g/mol. The zero-order valence-electron chi connectivity index (χ0n) is 12.9. The summed E-state index contributed by atoms with van der Waals surface area (Å²) in [6, 6.07) is 11.0. The molecule has 118 valence electrons. The molecule has 0 bridgehead atoms.